The van der Waals surface area contributed by atoms with Crippen molar-refractivity contribution in [1.82, 2.24) is 10.2 Å². The van der Waals surface area contributed by atoms with Crippen LogP contribution in [0.3, 0.4) is 0 Å². The van der Waals surface area contributed by atoms with E-state index in [1.807, 2.05) is 35.7 Å². The number of aromatic nitrogens is 2. The van der Waals surface area contributed by atoms with Crippen molar-refractivity contribution in [3.63, 3.8) is 0 Å². The number of hydrogen-bond acceptors (Lipinski definition) is 7. The Labute approximate surface area is 146 Å². The van der Waals surface area contributed by atoms with Gasteiger partial charge in [-0.15, -0.1) is 33.7 Å². The maximum Gasteiger partial charge on any atom is 0.234 e. The van der Waals surface area contributed by atoms with Gasteiger partial charge in [0.25, 0.3) is 0 Å². The molecule has 22 heavy (non-hydrogen) atoms. The number of nitrogens with zero attached hydrogens (tertiary/aromatic N) is 2. The summed E-state index contributed by atoms with van der Waals surface area (Å²) >= 11 is 6.83. The van der Waals surface area contributed by atoms with Gasteiger partial charge in [-0.2, -0.15) is 0 Å². The monoisotopic (exact) mass is 369 g/mol. The number of carbonyl (C=O) groups is 1. The van der Waals surface area contributed by atoms with Crippen molar-refractivity contribution >= 4 is 58.2 Å². The third-order valence-corrected chi connectivity index (χ3v) is 7.81. The van der Waals surface area contributed by atoms with E-state index in [1.54, 1.807) is 5.51 Å². The van der Waals surface area contributed by atoms with Crippen LogP contribution in [0.5, 0.6) is 0 Å². The van der Waals surface area contributed by atoms with Gasteiger partial charge < -0.3 is 5.32 Å². The Balaban J connectivity index is 1.56. The number of hydrogen-bond donors (Lipinski definition) is 1. The van der Waals surface area contributed by atoms with E-state index in [-0.39, 0.29) is 5.91 Å². The van der Waals surface area contributed by atoms with Crippen molar-refractivity contribution in [2.45, 2.75) is 15.3 Å². The van der Waals surface area contributed by atoms with Crippen molar-refractivity contribution in [2.24, 2.45) is 0 Å². The summed E-state index contributed by atoms with van der Waals surface area (Å²) in [5, 5.41) is 10.6. The minimum absolute atomic E-state index is 0.0127. The Morgan fingerprint density at radius 3 is 3.00 bits per heavy atom. The summed E-state index contributed by atoms with van der Waals surface area (Å²) < 4.78 is 1.31. The van der Waals surface area contributed by atoms with E-state index in [2.05, 4.69) is 27.6 Å². The van der Waals surface area contributed by atoms with Crippen LogP contribution in [0.1, 0.15) is 16.6 Å². The van der Waals surface area contributed by atoms with Gasteiger partial charge in [0.1, 0.15) is 5.51 Å². The van der Waals surface area contributed by atoms with Crippen LogP contribution >= 0.6 is 46.6 Å². The highest BCUT2D eigenvalue weighted by Gasteiger charge is 2.17. The van der Waals surface area contributed by atoms with Gasteiger partial charge in [-0.3, -0.25) is 4.79 Å². The largest absolute Gasteiger partial charge is 0.325 e. The quantitative estimate of drug-likeness (QED) is 0.800. The van der Waals surface area contributed by atoms with Crippen LogP contribution in [-0.4, -0.2) is 33.4 Å². The van der Waals surface area contributed by atoms with E-state index < -0.39 is 0 Å². The highest BCUT2D eigenvalue weighted by molar-refractivity contribution is 8.16. The molecule has 3 rings (SSSR count). The van der Waals surface area contributed by atoms with Gasteiger partial charge in [0.2, 0.25) is 5.91 Å². The number of carbonyl (C=O) groups excluding carboxylic acids is 1. The molecule has 1 amide bonds. The fourth-order valence-corrected chi connectivity index (χ4v) is 6.16. The predicted molar refractivity (Wildman–Crippen MR) is 98.0 cm³/mol. The number of benzene rings is 1. The molecule has 1 aliphatic rings. The zero-order valence-corrected chi connectivity index (χ0v) is 15.0. The SMILES string of the molecule is O=C(CSc1nncs1)Nc1cccc(C2SCCCS2)c1. The van der Waals surface area contributed by atoms with E-state index in [4.69, 9.17) is 0 Å². The van der Waals surface area contributed by atoms with Crippen LogP contribution < -0.4 is 5.32 Å². The summed E-state index contributed by atoms with van der Waals surface area (Å²) in [6, 6.07) is 8.18. The lowest BCUT2D eigenvalue weighted by molar-refractivity contribution is -0.113. The number of thioether (sulfide) groups is 3. The molecule has 1 N–H and O–H groups in total. The molecule has 2 aromatic rings. The fourth-order valence-electron chi connectivity index (χ4n) is 1.99. The van der Waals surface area contributed by atoms with Crippen molar-refractivity contribution in [1.29, 1.82) is 0 Å². The van der Waals surface area contributed by atoms with Crippen molar-refractivity contribution in [3.05, 3.63) is 35.3 Å². The molecule has 116 valence electrons. The Kier molecular flexibility index (Phi) is 6.05. The minimum atomic E-state index is -0.0127. The van der Waals surface area contributed by atoms with E-state index in [9.17, 15) is 4.79 Å². The Morgan fingerprint density at radius 2 is 2.23 bits per heavy atom. The summed E-state index contributed by atoms with van der Waals surface area (Å²) in [7, 11) is 0. The molecule has 1 aliphatic heterocycles. The zero-order chi connectivity index (χ0) is 15.2. The van der Waals surface area contributed by atoms with Crippen LogP contribution in [0.15, 0.2) is 34.1 Å². The molecule has 1 saturated heterocycles. The first-order valence-electron chi connectivity index (χ1n) is 6.83. The lowest BCUT2D eigenvalue weighted by Gasteiger charge is -2.21. The molecule has 4 nitrogen and oxygen atoms in total. The van der Waals surface area contributed by atoms with Crippen molar-refractivity contribution < 1.29 is 4.79 Å². The minimum Gasteiger partial charge on any atom is -0.325 e. The second-order valence-corrected chi connectivity index (χ2v) is 9.37. The summed E-state index contributed by atoms with van der Waals surface area (Å²) in [5.74, 6) is 2.77. The number of nitrogens with one attached hydrogen (secondary N) is 1. The zero-order valence-electron chi connectivity index (χ0n) is 11.7. The summed E-state index contributed by atoms with van der Waals surface area (Å²) in [5.41, 5.74) is 3.82. The Morgan fingerprint density at radius 1 is 1.36 bits per heavy atom. The number of anilines is 1. The van der Waals surface area contributed by atoms with Crippen LogP contribution in [0, 0.1) is 0 Å². The van der Waals surface area contributed by atoms with E-state index in [0.717, 1.165) is 10.0 Å². The highest BCUT2D eigenvalue weighted by atomic mass is 32.2. The first-order chi connectivity index (χ1) is 10.8. The van der Waals surface area contributed by atoms with Crippen LogP contribution in [0.4, 0.5) is 5.69 Å². The molecule has 1 aromatic heterocycles. The average Bonchev–Trinajstić information content (AvgIpc) is 3.08. The molecule has 2 heterocycles. The molecular weight excluding hydrogens is 354 g/mol. The van der Waals surface area contributed by atoms with E-state index >= 15 is 0 Å². The summed E-state index contributed by atoms with van der Waals surface area (Å²) in [4.78, 5) is 12.0. The van der Waals surface area contributed by atoms with Gasteiger partial charge in [0, 0.05) is 5.69 Å². The normalized spacial score (nSPS) is 15.6. The molecule has 0 spiro atoms. The van der Waals surface area contributed by atoms with Crippen LogP contribution in [0.2, 0.25) is 0 Å². The third kappa shape index (κ3) is 4.65. The molecule has 0 saturated carbocycles. The fraction of sp³-hybridized carbons (Fsp3) is 0.357. The molecule has 1 aromatic carbocycles. The average molecular weight is 370 g/mol. The summed E-state index contributed by atoms with van der Waals surface area (Å²) in [6.07, 6.45) is 1.28. The van der Waals surface area contributed by atoms with E-state index in [0.29, 0.717) is 10.3 Å². The van der Waals surface area contributed by atoms with Crippen LogP contribution in [-0.2, 0) is 4.79 Å². The van der Waals surface area contributed by atoms with Gasteiger partial charge in [-0.05, 0) is 35.6 Å². The van der Waals surface area contributed by atoms with Gasteiger partial charge in [0.15, 0.2) is 4.34 Å². The molecule has 0 radical (unpaired) electrons. The molecule has 8 heteroatoms. The summed E-state index contributed by atoms with van der Waals surface area (Å²) in [6.45, 7) is 0. The number of amides is 1. The maximum atomic E-state index is 12.0. The van der Waals surface area contributed by atoms with Gasteiger partial charge in [0.05, 0.1) is 10.3 Å². The molecule has 0 atom stereocenters. The topological polar surface area (TPSA) is 54.9 Å². The standard InChI is InChI=1S/C14H15N3OS4/c18-12(8-21-14-17-15-9-22-14)16-11-4-1-3-10(7-11)13-19-5-2-6-20-13/h1,3-4,7,9,13H,2,5-6,8H2,(H,16,18). The number of rotatable bonds is 5. The Bertz CT molecular complexity index is 614. The lowest BCUT2D eigenvalue weighted by atomic mass is 10.2. The smallest absolute Gasteiger partial charge is 0.234 e. The second-order valence-electron chi connectivity index (χ2n) is 4.59. The first-order valence-corrected chi connectivity index (χ1v) is 10.8. The molecule has 0 bridgehead atoms. The maximum absolute atomic E-state index is 12.0. The van der Waals surface area contributed by atoms with Gasteiger partial charge in [-0.25, -0.2) is 0 Å². The molecule has 0 unspecified atom stereocenters. The lowest BCUT2D eigenvalue weighted by Crippen LogP contribution is -2.14. The van der Waals surface area contributed by atoms with Crippen LogP contribution in [0.25, 0.3) is 0 Å². The Hall–Kier alpha value is -0.700. The molecular formula is C14H15N3OS4. The molecule has 1 fully saturated rings. The second kappa shape index (κ2) is 8.24. The third-order valence-electron chi connectivity index (χ3n) is 2.94. The highest BCUT2D eigenvalue weighted by Crippen LogP contribution is 2.44. The van der Waals surface area contributed by atoms with Gasteiger partial charge in [-0.1, -0.05) is 35.2 Å². The first kappa shape index (κ1) is 16.2. The van der Waals surface area contributed by atoms with Crippen molar-refractivity contribution in [3.8, 4) is 0 Å². The molecule has 0 aliphatic carbocycles. The van der Waals surface area contributed by atoms with Crippen molar-refractivity contribution in [2.75, 3.05) is 22.6 Å². The van der Waals surface area contributed by atoms with Gasteiger partial charge >= 0.3 is 0 Å². The van der Waals surface area contributed by atoms with E-state index in [1.165, 1.54) is 46.6 Å². The predicted octanol–water partition coefficient (Wildman–Crippen LogP) is 4.14.